The zero-order valence-electron chi connectivity index (χ0n) is 16.1. The van der Waals surface area contributed by atoms with Gasteiger partial charge < -0.3 is 15.8 Å². The Kier molecular flexibility index (Phi) is 5.71. The Bertz CT molecular complexity index is 1130. The molecule has 2 heterocycles. The van der Waals surface area contributed by atoms with Crippen molar-refractivity contribution in [2.75, 3.05) is 24.2 Å². The standard InChI is InChI=1S/C20H19ClN8O/c1-12-15(3-2-4-16(12)21)17-11-18(25-20(22)24-17)23-9-10-30-14-7-5-13(6-8-14)19-26-28-29-27-19/h2-8,11H,9-10H2,1H3,(H3,22,23,24,25)(H,26,27,28,29). The zero-order valence-corrected chi connectivity index (χ0v) is 16.9. The van der Waals surface area contributed by atoms with E-state index < -0.39 is 0 Å². The molecule has 0 radical (unpaired) electrons. The van der Waals surface area contributed by atoms with E-state index in [1.165, 1.54) is 0 Å². The minimum absolute atomic E-state index is 0.187. The van der Waals surface area contributed by atoms with Crippen LogP contribution in [0, 0.1) is 6.92 Å². The number of nitrogens with one attached hydrogen (secondary N) is 2. The SMILES string of the molecule is Cc1c(Cl)cccc1-c1cc(NCCOc2ccc(-c3nn[nH]n3)cc2)nc(N)n1. The highest BCUT2D eigenvalue weighted by Crippen LogP contribution is 2.28. The summed E-state index contributed by atoms with van der Waals surface area (Å²) >= 11 is 6.22. The van der Waals surface area contributed by atoms with Crippen LogP contribution in [0.25, 0.3) is 22.6 Å². The first-order valence-electron chi connectivity index (χ1n) is 9.21. The zero-order chi connectivity index (χ0) is 20.9. The van der Waals surface area contributed by atoms with E-state index >= 15 is 0 Å². The quantitative estimate of drug-likeness (QED) is 0.387. The van der Waals surface area contributed by atoms with Crippen LogP contribution in [-0.2, 0) is 0 Å². The largest absolute Gasteiger partial charge is 0.492 e. The summed E-state index contributed by atoms with van der Waals surface area (Å²) in [6, 6.07) is 15.0. The average molecular weight is 423 g/mol. The lowest BCUT2D eigenvalue weighted by molar-refractivity contribution is 0.333. The smallest absolute Gasteiger partial charge is 0.222 e. The van der Waals surface area contributed by atoms with Gasteiger partial charge in [0.15, 0.2) is 0 Å². The van der Waals surface area contributed by atoms with Gasteiger partial charge in [-0.2, -0.15) is 10.2 Å². The van der Waals surface area contributed by atoms with Crippen molar-refractivity contribution >= 4 is 23.4 Å². The van der Waals surface area contributed by atoms with Gasteiger partial charge in [0.25, 0.3) is 0 Å². The van der Waals surface area contributed by atoms with Crippen molar-refractivity contribution in [1.82, 2.24) is 30.6 Å². The van der Waals surface area contributed by atoms with Gasteiger partial charge in [-0.25, -0.2) is 4.98 Å². The Labute approximate surface area is 177 Å². The number of anilines is 2. The van der Waals surface area contributed by atoms with Crippen molar-refractivity contribution in [3.05, 3.63) is 59.1 Å². The van der Waals surface area contributed by atoms with Crippen LogP contribution in [0.4, 0.5) is 11.8 Å². The van der Waals surface area contributed by atoms with E-state index in [0.29, 0.717) is 35.5 Å². The van der Waals surface area contributed by atoms with Gasteiger partial charge in [0.05, 0.1) is 12.2 Å². The number of aromatic nitrogens is 6. The molecule has 0 saturated heterocycles. The molecule has 9 nitrogen and oxygen atoms in total. The van der Waals surface area contributed by atoms with Gasteiger partial charge in [-0.05, 0) is 48.0 Å². The third-order valence-corrected chi connectivity index (χ3v) is 4.83. The lowest BCUT2D eigenvalue weighted by Gasteiger charge is -2.11. The predicted molar refractivity (Wildman–Crippen MR) is 115 cm³/mol. The molecule has 2 aromatic carbocycles. The van der Waals surface area contributed by atoms with Gasteiger partial charge in [0.2, 0.25) is 11.8 Å². The van der Waals surface area contributed by atoms with E-state index in [1.807, 2.05) is 55.5 Å². The first-order valence-corrected chi connectivity index (χ1v) is 9.58. The third kappa shape index (κ3) is 4.47. The van der Waals surface area contributed by atoms with Gasteiger partial charge in [-0.15, -0.1) is 10.2 Å². The van der Waals surface area contributed by atoms with E-state index in [9.17, 15) is 0 Å². The van der Waals surface area contributed by atoms with Crippen molar-refractivity contribution in [2.45, 2.75) is 6.92 Å². The maximum Gasteiger partial charge on any atom is 0.222 e. The van der Waals surface area contributed by atoms with Crippen molar-refractivity contribution in [3.8, 4) is 28.4 Å². The maximum atomic E-state index is 6.22. The van der Waals surface area contributed by atoms with E-state index in [4.69, 9.17) is 22.1 Å². The van der Waals surface area contributed by atoms with Crippen LogP contribution in [0.2, 0.25) is 5.02 Å². The molecule has 2 aromatic heterocycles. The summed E-state index contributed by atoms with van der Waals surface area (Å²) in [5.41, 5.74) is 9.31. The average Bonchev–Trinajstić information content (AvgIpc) is 3.28. The van der Waals surface area contributed by atoms with E-state index in [-0.39, 0.29) is 5.95 Å². The number of tetrazole rings is 1. The molecular weight excluding hydrogens is 404 g/mol. The van der Waals surface area contributed by atoms with Crippen molar-refractivity contribution in [2.24, 2.45) is 0 Å². The number of ether oxygens (including phenoxy) is 1. The molecule has 0 aliphatic carbocycles. The second kappa shape index (κ2) is 8.75. The molecule has 0 atom stereocenters. The van der Waals surface area contributed by atoms with Crippen LogP contribution < -0.4 is 15.8 Å². The first-order chi connectivity index (χ1) is 14.6. The number of nitrogens with zero attached hydrogens (tertiary/aromatic N) is 5. The number of hydrogen-bond donors (Lipinski definition) is 3. The van der Waals surface area contributed by atoms with Gasteiger partial charge >= 0.3 is 0 Å². The molecule has 0 saturated carbocycles. The van der Waals surface area contributed by atoms with Gasteiger partial charge in [0.1, 0.15) is 18.2 Å². The highest BCUT2D eigenvalue weighted by Gasteiger charge is 2.09. The number of halogens is 1. The third-order valence-electron chi connectivity index (χ3n) is 4.42. The van der Waals surface area contributed by atoms with Crippen LogP contribution in [0.1, 0.15) is 5.56 Å². The van der Waals surface area contributed by atoms with Crippen molar-refractivity contribution < 1.29 is 4.74 Å². The minimum atomic E-state index is 0.187. The fourth-order valence-electron chi connectivity index (χ4n) is 2.91. The molecule has 4 aromatic rings. The fourth-order valence-corrected chi connectivity index (χ4v) is 3.09. The maximum absolute atomic E-state index is 6.22. The lowest BCUT2D eigenvalue weighted by atomic mass is 10.1. The number of hydrogen-bond acceptors (Lipinski definition) is 8. The second-order valence-corrected chi connectivity index (χ2v) is 6.85. The Hall–Kier alpha value is -3.72. The van der Waals surface area contributed by atoms with Crippen LogP contribution in [-0.4, -0.2) is 43.7 Å². The number of rotatable bonds is 7. The number of H-pyrrole nitrogens is 1. The number of nitrogens with two attached hydrogens (primary N) is 1. The fraction of sp³-hybridized carbons (Fsp3) is 0.150. The molecular formula is C20H19ClN8O. The van der Waals surface area contributed by atoms with E-state index in [2.05, 4.69) is 35.9 Å². The van der Waals surface area contributed by atoms with Crippen LogP contribution >= 0.6 is 11.6 Å². The molecule has 0 spiro atoms. The van der Waals surface area contributed by atoms with Gasteiger partial charge in [0, 0.05) is 22.2 Å². The molecule has 0 amide bonds. The Morgan fingerprint density at radius 3 is 2.73 bits per heavy atom. The normalized spacial score (nSPS) is 10.7. The van der Waals surface area contributed by atoms with Crippen molar-refractivity contribution in [3.63, 3.8) is 0 Å². The summed E-state index contributed by atoms with van der Waals surface area (Å²) in [6.07, 6.45) is 0. The summed E-state index contributed by atoms with van der Waals surface area (Å²) < 4.78 is 5.76. The molecule has 152 valence electrons. The highest BCUT2D eigenvalue weighted by molar-refractivity contribution is 6.31. The van der Waals surface area contributed by atoms with Crippen molar-refractivity contribution in [1.29, 1.82) is 0 Å². The van der Waals surface area contributed by atoms with Crippen LogP contribution in [0.5, 0.6) is 5.75 Å². The Morgan fingerprint density at radius 1 is 1.13 bits per heavy atom. The van der Waals surface area contributed by atoms with E-state index in [1.54, 1.807) is 0 Å². The summed E-state index contributed by atoms with van der Waals surface area (Å²) in [5, 5.41) is 17.8. The highest BCUT2D eigenvalue weighted by atomic mass is 35.5. The Morgan fingerprint density at radius 2 is 1.97 bits per heavy atom. The topological polar surface area (TPSA) is 128 Å². The summed E-state index contributed by atoms with van der Waals surface area (Å²) in [7, 11) is 0. The lowest BCUT2D eigenvalue weighted by Crippen LogP contribution is -2.13. The molecule has 30 heavy (non-hydrogen) atoms. The summed E-state index contributed by atoms with van der Waals surface area (Å²) in [6.45, 7) is 2.93. The second-order valence-electron chi connectivity index (χ2n) is 6.44. The van der Waals surface area contributed by atoms with Gasteiger partial charge in [-0.3, -0.25) is 0 Å². The number of nitrogen functional groups attached to an aromatic ring is 1. The molecule has 0 fully saturated rings. The molecule has 0 aliphatic rings. The first kappa shape index (κ1) is 19.6. The number of benzene rings is 2. The molecule has 0 bridgehead atoms. The summed E-state index contributed by atoms with van der Waals surface area (Å²) in [4.78, 5) is 8.57. The molecule has 4 N–H and O–H groups in total. The van der Waals surface area contributed by atoms with E-state index in [0.717, 1.165) is 22.4 Å². The molecule has 0 unspecified atom stereocenters. The van der Waals surface area contributed by atoms with Gasteiger partial charge in [-0.1, -0.05) is 23.7 Å². The Balaban J connectivity index is 1.36. The molecule has 0 aliphatic heterocycles. The predicted octanol–water partition coefficient (Wildman–Crippen LogP) is 3.36. The monoisotopic (exact) mass is 422 g/mol. The number of aromatic amines is 1. The van der Waals surface area contributed by atoms with Crippen LogP contribution in [0.15, 0.2) is 48.5 Å². The minimum Gasteiger partial charge on any atom is -0.492 e. The van der Waals surface area contributed by atoms with Crippen LogP contribution in [0.3, 0.4) is 0 Å². The summed E-state index contributed by atoms with van der Waals surface area (Å²) in [5.74, 6) is 2.08. The molecule has 10 heteroatoms. The molecule has 4 rings (SSSR count).